The summed E-state index contributed by atoms with van der Waals surface area (Å²) in [7, 11) is 0. The van der Waals surface area contributed by atoms with Crippen LogP contribution in [-0.2, 0) is 4.79 Å². The number of nitrogens with one attached hydrogen (secondary N) is 1. The molecule has 4 nitrogen and oxygen atoms in total. The van der Waals surface area contributed by atoms with Gasteiger partial charge in [0.15, 0.2) is 0 Å². The second-order valence-corrected chi connectivity index (χ2v) is 8.34. The lowest BCUT2D eigenvalue weighted by Gasteiger charge is -2.15. The Morgan fingerprint density at radius 3 is 1.97 bits per heavy atom. The predicted octanol–water partition coefficient (Wildman–Crippen LogP) is 7.50. The third-order valence-corrected chi connectivity index (χ3v) is 5.95. The fraction of sp³-hybridized carbons (Fsp3) is 0. The van der Waals surface area contributed by atoms with E-state index in [0.717, 1.165) is 28.2 Å². The summed E-state index contributed by atoms with van der Waals surface area (Å²) in [5.41, 5.74) is 5.15. The molecule has 1 heterocycles. The highest BCUT2D eigenvalue weighted by molar-refractivity contribution is 6.10. The SMILES string of the molecule is N#C/C(=C\c1cc(-c2ccccc2)n(-c2ccccc2)c1-c1ccccc1)C(=O)Nc1ccccc1F. The van der Waals surface area contributed by atoms with Gasteiger partial charge >= 0.3 is 0 Å². The largest absolute Gasteiger partial charge is 0.319 e. The molecule has 0 radical (unpaired) electrons. The highest BCUT2D eigenvalue weighted by Gasteiger charge is 2.20. The van der Waals surface area contributed by atoms with E-state index in [1.54, 1.807) is 12.1 Å². The van der Waals surface area contributed by atoms with Gasteiger partial charge in [-0.1, -0.05) is 91.0 Å². The number of nitriles is 1. The molecule has 0 spiro atoms. The Kier molecular flexibility index (Phi) is 6.74. The molecule has 4 aromatic carbocycles. The third-order valence-electron chi connectivity index (χ3n) is 5.95. The van der Waals surface area contributed by atoms with E-state index in [1.165, 1.54) is 18.2 Å². The first-order valence-electron chi connectivity index (χ1n) is 11.8. The number of carbonyl (C=O) groups is 1. The number of carbonyl (C=O) groups excluding carboxylic acids is 1. The quantitative estimate of drug-likeness (QED) is 0.201. The van der Waals surface area contributed by atoms with Crippen molar-refractivity contribution < 1.29 is 9.18 Å². The van der Waals surface area contributed by atoms with Crippen molar-refractivity contribution in [3.05, 3.63) is 138 Å². The molecular formula is C32H22FN3O. The van der Waals surface area contributed by atoms with Crippen LogP contribution in [0.15, 0.2) is 127 Å². The average Bonchev–Trinajstić information content (AvgIpc) is 3.33. The van der Waals surface area contributed by atoms with Crippen molar-refractivity contribution in [3.63, 3.8) is 0 Å². The molecule has 1 aromatic heterocycles. The molecule has 178 valence electrons. The molecule has 0 atom stereocenters. The fourth-order valence-corrected chi connectivity index (χ4v) is 4.25. The summed E-state index contributed by atoms with van der Waals surface area (Å²) in [5, 5.41) is 12.4. The van der Waals surface area contributed by atoms with E-state index in [4.69, 9.17) is 0 Å². The molecule has 5 rings (SSSR count). The summed E-state index contributed by atoms with van der Waals surface area (Å²) >= 11 is 0. The zero-order valence-electron chi connectivity index (χ0n) is 19.8. The van der Waals surface area contributed by atoms with Crippen LogP contribution in [0.1, 0.15) is 5.56 Å². The normalized spacial score (nSPS) is 11.1. The van der Waals surface area contributed by atoms with Gasteiger partial charge in [-0.2, -0.15) is 5.26 Å². The Balaban J connectivity index is 1.72. The first-order valence-corrected chi connectivity index (χ1v) is 11.8. The van der Waals surface area contributed by atoms with Crippen molar-refractivity contribution in [2.45, 2.75) is 0 Å². The molecular weight excluding hydrogens is 461 g/mol. The van der Waals surface area contributed by atoms with Gasteiger partial charge in [-0.3, -0.25) is 4.79 Å². The van der Waals surface area contributed by atoms with Crippen LogP contribution in [-0.4, -0.2) is 10.5 Å². The highest BCUT2D eigenvalue weighted by atomic mass is 19.1. The summed E-state index contributed by atoms with van der Waals surface area (Å²) in [4.78, 5) is 13.0. The predicted molar refractivity (Wildman–Crippen MR) is 145 cm³/mol. The summed E-state index contributed by atoms with van der Waals surface area (Å²) in [6.07, 6.45) is 1.56. The van der Waals surface area contributed by atoms with Gasteiger partial charge in [0.25, 0.3) is 5.91 Å². The molecule has 0 aliphatic carbocycles. The van der Waals surface area contributed by atoms with Crippen LogP contribution in [0.3, 0.4) is 0 Å². The third kappa shape index (κ3) is 4.95. The van der Waals surface area contributed by atoms with Gasteiger partial charge in [0.2, 0.25) is 0 Å². The van der Waals surface area contributed by atoms with Crippen LogP contribution in [0, 0.1) is 17.1 Å². The van der Waals surface area contributed by atoms with Crippen LogP contribution in [0.25, 0.3) is 34.3 Å². The molecule has 37 heavy (non-hydrogen) atoms. The van der Waals surface area contributed by atoms with Gasteiger partial charge in [-0.15, -0.1) is 0 Å². The van der Waals surface area contributed by atoms with E-state index in [2.05, 4.69) is 9.88 Å². The number of amides is 1. The maximum Gasteiger partial charge on any atom is 0.266 e. The van der Waals surface area contributed by atoms with Crippen LogP contribution in [0.2, 0.25) is 0 Å². The molecule has 0 saturated carbocycles. The first kappa shape index (κ1) is 23.5. The maximum atomic E-state index is 14.1. The first-order chi connectivity index (χ1) is 18.2. The Morgan fingerprint density at radius 2 is 1.35 bits per heavy atom. The number of hydrogen-bond donors (Lipinski definition) is 1. The minimum atomic E-state index is -0.680. The lowest BCUT2D eigenvalue weighted by atomic mass is 10.0. The number of benzene rings is 4. The second-order valence-electron chi connectivity index (χ2n) is 8.34. The summed E-state index contributed by atoms with van der Waals surface area (Å²) < 4.78 is 16.3. The van der Waals surface area contributed by atoms with E-state index in [-0.39, 0.29) is 11.3 Å². The minimum absolute atomic E-state index is 0.0174. The van der Waals surface area contributed by atoms with Crippen molar-refractivity contribution in [2.75, 3.05) is 5.32 Å². The summed E-state index contributed by atoms with van der Waals surface area (Å²) in [5.74, 6) is -1.25. The van der Waals surface area contributed by atoms with E-state index in [0.29, 0.717) is 5.56 Å². The number of anilines is 1. The lowest BCUT2D eigenvalue weighted by Crippen LogP contribution is -2.14. The zero-order chi connectivity index (χ0) is 25.6. The molecule has 0 unspecified atom stereocenters. The Labute approximate surface area is 214 Å². The molecule has 0 saturated heterocycles. The van der Waals surface area contributed by atoms with Gasteiger partial charge < -0.3 is 9.88 Å². The molecule has 0 fully saturated rings. The van der Waals surface area contributed by atoms with Crippen LogP contribution in [0.5, 0.6) is 0 Å². The van der Waals surface area contributed by atoms with Crippen molar-refractivity contribution in [2.24, 2.45) is 0 Å². The van der Waals surface area contributed by atoms with Crippen LogP contribution < -0.4 is 5.32 Å². The molecule has 1 N–H and O–H groups in total. The second kappa shape index (κ2) is 10.6. The number of hydrogen-bond acceptors (Lipinski definition) is 2. The molecule has 0 aliphatic heterocycles. The number of aromatic nitrogens is 1. The van der Waals surface area contributed by atoms with Gasteiger partial charge in [0, 0.05) is 11.3 Å². The number of rotatable bonds is 6. The Morgan fingerprint density at radius 1 is 0.784 bits per heavy atom. The topological polar surface area (TPSA) is 57.8 Å². The van der Waals surface area contributed by atoms with Gasteiger partial charge in [0.05, 0.1) is 17.1 Å². The smallest absolute Gasteiger partial charge is 0.266 e. The number of halogens is 1. The molecule has 5 heteroatoms. The number of nitrogens with zero attached hydrogens (tertiary/aromatic N) is 2. The van der Waals surface area contributed by atoms with Gasteiger partial charge in [-0.05, 0) is 47.5 Å². The summed E-state index contributed by atoms with van der Waals surface area (Å²) in [6.45, 7) is 0. The van der Waals surface area contributed by atoms with Crippen LogP contribution in [0.4, 0.5) is 10.1 Å². The average molecular weight is 484 g/mol. The summed E-state index contributed by atoms with van der Waals surface area (Å²) in [6, 6.07) is 39.5. The van der Waals surface area contributed by atoms with Crippen molar-refractivity contribution in [3.8, 4) is 34.3 Å². The zero-order valence-corrected chi connectivity index (χ0v) is 19.8. The fourth-order valence-electron chi connectivity index (χ4n) is 4.25. The van der Waals surface area contributed by atoms with Crippen LogP contribution >= 0.6 is 0 Å². The highest BCUT2D eigenvalue weighted by Crippen LogP contribution is 2.37. The van der Waals surface area contributed by atoms with E-state index in [1.807, 2.05) is 103 Å². The molecule has 0 bridgehead atoms. The van der Waals surface area contributed by atoms with E-state index < -0.39 is 11.7 Å². The standard InChI is InChI=1S/C32H22FN3O/c33-28-18-10-11-19-29(28)35-32(37)26(22-34)20-25-21-30(23-12-4-1-5-13-23)36(27-16-8-3-9-17-27)31(25)24-14-6-2-7-15-24/h1-21H,(H,35,37)/b26-20+. The van der Waals surface area contributed by atoms with E-state index >= 15 is 0 Å². The monoisotopic (exact) mass is 483 g/mol. The number of para-hydroxylation sites is 2. The van der Waals surface area contributed by atoms with Gasteiger partial charge in [-0.25, -0.2) is 4.39 Å². The minimum Gasteiger partial charge on any atom is -0.319 e. The van der Waals surface area contributed by atoms with E-state index in [9.17, 15) is 14.4 Å². The molecule has 5 aromatic rings. The molecule has 0 aliphatic rings. The maximum absolute atomic E-state index is 14.1. The van der Waals surface area contributed by atoms with Crippen molar-refractivity contribution in [1.29, 1.82) is 5.26 Å². The van der Waals surface area contributed by atoms with Crippen molar-refractivity contribution >= 4 is 17.7 Å². The Hall–Kier alpha value is -5.21. The van der Waals surface area contributed by atoms with Gasteiger partial charge in [0.1, 0.15) is 17.5 Å². The van der Waals surface area contributed by atoms with Crippen molar-refractivity contribution in [1.82, 2.24) is 4.57 Å². The molecule has 1 amide bonds. The lowest BCUT2D eigenvalue weighted by molar-refractivity contribution is -0.112. The Bertz CT molecular complexity index is 1620.